The molecule has 0 aromatic heterocycles. The fourth-order valence-corrected chi connectivity index (χ4v) is 0.831. The van der Waals surface area contributed by atoms with Crippen LogP contribution in [0.4, 0.5) is 0 Å². The molecule has 1 saturated heterocycles. The SMILES string of the molecule is O=C1CNC(=O)CC(O)CN1. The summed E-state index contributed by atoms with van der Waals surface area (Å²) < 4.78 is 0. The van der Waals surface area contributed by atoms with Crippen LogP contribution in [0.1, 0.15) is 6.42 Å². The number of carbonyl (C=O) groups is 2. The second-order valence-corrected chi connectivity index (χ2v) is 2.44. The molecule has 0 saturated carbocycles. The number of rotatable bonds is 0. The van der Waals surface area contributed by atoms with Crippen molar-refractivity contribution in [1.29, 1.82) is 0 Å². The van der Waals surface area contributed by atoms with E-state index in [4.69, 9.17) is 5.11 Å². The van der Waals surface area contributed by atoms with Crippen LogP contribution in [0.3, 0.4) is 0 Å². The van der Waals surface area contributed by atoms with Gasteiger partial charge in [-0.05, 0) is 0 Å². The van der Waals surface area contributed by atoms with Gasteiger partial charge in [-0.3, -0.25) is 9.59 Å². The number of aliphatic hydroxyl groups is 1. The van der Waals surface area contributed by atoms with Crippen LogP contribution in [0.15, 0.2) is 0 Å². The van der Waals surface area contributed by atoms with Crippen molar-refractivity contribution in [3.8, 4) is 0 Å². The van der Waals surface area contributed by atoms with Crippen molar-refractivity contribution in [3.63, 3.8) is 0 Å². The van der Waals surface area contributed by atoms with Crippen LogP contribution in [0.25, 0.3) is 0 Å². The highest BCUT2D eigenvalue weighted by Gasteiger charge is 2.15. The van der Waals surface area contributed by atoms with Gasteiger partial charge in [0.1, 0.15) is 0 Å². The molecule has 3 N–H and O–H groups in total. The van der Waals surface area contributed by atoms with E-state index in [1.54, 1.807) is 0 Å². The van der Waals surface area contributed by atoms with Crippen molar-refractivity contribution in [1.82, 2.24) is 10.6 Å². The number of nitrogens with one attached hydrogen (secondary N) is 2. The van der Waals surface area contributed by atoms with Crippen LogP contribution in [0.2, 0.25) is 0 Å². The molecule has 0 bridgehead atoms. The lowest BCUT2D eigenvalue weighted by Crippen LogP contribution is -2.45. The molecular formula is C6H10N2O3. The third-order valence-corrected chi connectivity index (χ3v) is 1.40. The van der Waals surface area contributed by atoms with Gasteiger partial charge in [-0.15, -0.1) is 0 Å². The second kappa shape index (κ2) is 3.34. The molecule has 1 aliphatic rings. The van der Waals surface area contributed by atoms with E-state index in [2.05, 4.69) is 10.6 Å². The molecular weight excluding hydrogens is 148 g/mol. The molecule has 0 aliphatic carbocycles. The Bertz CT molecular complexity index is 181. The Hall–Kier alpha value is -1.10. The number of hydrogen-bond acceptors (Lipinski definition) is 3. The van der Waals surface area contributed by atoms with Gasteiger partial charge in [-0.2, -0.15) is 0 Å². The van der Waals surface area contributed by atoms with Crippen LogP contribution in [-0.2, 0) is 9.59 Å². The number of β-amino-alcohol motifs (C(OH)–C–C–N with tert-alkyl or cyclic N) is 1. The zero-order chi connectivity index (χ0) is 8.27. The minimum Gasteiger partial charge on any atom is -0.391 e. The maximum atomic E-state index is 10.7. The maximum absolute atomic E-state index is 10.7. The first kappa shape index (κ1) is 8.00. The van der Waals surface area contributed by atoms with Gasteiger partial charge in [0.2, 0.25) is 11.8 Å². The van der Waals surface area contributed by atoms with Gasteiger partial charge in [0.15, 0.2) is 0 Å². The summed E-state index contributed by atoms with van der Waals surface area (Å²) in [5.74, 6) is -0.551. The molecule has 5 heteroatoms. The Kier molecular flexibility index (Phi) is 2.43. The second-order valence-electron chi connectivity index (χ2n) is 2.44. The molecule has 5 nitrogen and oxygen atoms in total. The van der Waals surface area contributed by atoms with Crippen molar-refractivity contribution in [3.05, 3.63) is 0 Å². The molecule has 1 fully saturated rings. The van der Waals surface area contributed by atoms with Crippen LogP contribution < -0.4 is 10.6 Å². The Balaban J connectivity index is 2.47. The molecule has 0 aromatic carbocycles. The van der Waals surface area contributed by atoms with E-state index in [0.717, 1.165) is 0 Å². The lowest BCUT2D eigenvalue weighted by molar-refractivity contribution is -0.129. The molecule has 1 aliphatic heterocycles. The Morgan fingerprint density at radius 2 is 2.00 bits per heavy atom. The fraction of sp³-hybridized carbons (Fsp3) is 0.667. The van der Waals surface area contributed by atoms with Gasteiger partial charge < -0.3 is 15.7 Å². The van der Waals surface area contributed by atoms with E-state index in [9.17, 15) is 9.59 Å². The number of amides is 2. The van der Waals surface area contributed by atoms with E-state index in [1.807, 2.05) is 0 Å². The van der Waals surface area contributed by atoms with Crippen molar-refractivity contribution >= 4 is 11.8 Å². The maximum Gasteiger partial charge on any atom is 0.239 e. The predicted octanol–water partition coefficient (Wildman–Crippen LogP) is -2.02. The highest BCUT2D eigenvalue weighted by molar-refractivity contribution is 5.85. The lowest BCUT2D eigenvalue weighted by Gasteiger charge is -2.15. The topological polar surface area (TPSA) is 78.4 Å². The summed E-state index contributed by atoms with van der Waals surface area (Å²) in [5.41, 5.74) is 0. The van der Waals surface area contributed by atoms with E-state index in [-0.39, 0.29) is 31.3 Å². The first-order chi connectivity index (χ1) is 5.18. The van der Waals surface area contributed by atoms with Crippen LogP contribution in [0, 0.1) is 0 Å². The minimum absolute atomic E-state index is 0.00551. The summed E-state index contributed by atoms with van der Waals surface area (Å²) in [5, 5.41) is 13.8. The largest absolute Gasteiger partial charge is 0.391 e. The van der Waals surface area contributed by atoms with Gasteiger partial charge in [0, 0.05) is 6.54 Å². The standard InChI is InChI=1S/C6H10N2O3/c9-4-1-5(10)8-3-6(11)7-2-4/h4,9H,1-3H2,(H,7,11)(H,8,10). The summed E-state index contributed by atoms with van der Waals surface area (Å²) in [6.07, 6.45) is -0.709. The zero-order valence-electron chi connectivity index (χ0n) is 5.96. The number of carbonyl (C=O) groups excluding carboxylic acids is 2. The summed E-state index contributed by atoms with van der Waals surface area (Å²) >= 11 is 0. The first-order valence-corrected chi connectivity index (χ1v) is 3.40. The van der Waals surface area contributed by atoms with Gasteiger partial charge in [-0.1, -0.05) is 0 Å². The predicted molar refractivity (Wildman–Crippen MR) is 36.6 cm³/mol. The van der Waals surface area contributed by atoms with Crippen LogP contribution in [0.5, 0.6) is 0 Å². The fourth-order valence-electron chi connectivity index (χ4n) is 0.831. The molecule has 1 unspecified atom stereocenters. The Morgan fingerprint density at radius 3 is 2.73 bits per heavy atom. The smallest absolute Gasteiger partial charge is 0.239 e. The van der Waals surface area contributed by atoms with E-state index < -0.39 is 6.10 Å². The van der Waals surface area contributed by atoms with E-state index >= 15 is 0 Å². The Labute approximate surface area is 63.8 Å². The van der Waals surface area contributed by atoms with Gasteiger partial charge in [-0.25, -0.2) is 0 Å². The Morgan fingerprint density at radius 1 is 1.27 bits per heavy atom. The summed E-state index contributed by atoms with van der Waals surface area (Å²) in [6, 6.07) is 0. The third kappa shape index (κ3) is 2.55. The molecule has 0 aromatic rings. The number of hydrogen-bond donors (Lipinski definition) is 3. The van der Waals surface area contributed by atoms with Crippen molar-refractivity contribution in [2.75, 3.05) is 13.1 Å². The third-order valence-electron chi connectivity index (χ3n) is 1.40. The van der Waals surface area contributed by atoms with Crippen molar-refractivity contribution < 1.29 is 14.7 Å². The lowest BCUT2D eigenvalue weighted by atomic mass is 10.2. The molecule has 2 amide bonds. The molecule has 11 heavy (non-hydrogen) atoms. The average molecular weight is 158 g/mol. The summed E-state index contributed by atoms with van der Waals surface area (Å²) in [7, 11) is 0. The summed E-state index contributed by atoms with van der Waals surface area (Å²) in [4.78, 5) is 21.4. The molecule has 62 valence electrons. The molecule has 0 spiro atoms. The van der Waals surface area contributed by atoms with Crippen LogP contribution >= 0.6 is 0 Å². The van der Waals surface area contributed by atoms with Crippen LogP contribution in [-0.4, -0.2) is 36.1 Å². The van der Waals surface area contributed by atoms with E-state index in [1.165, 1.54) is 0 Å². The quantitative estimate of drug-likeness (QED) is 0.381. The normalized spacial score (nSPS) is 26.5. The van der Waals surface area contributed by atoms with E-state index in [0.29, 0.717) is 0 Å². The van der Waals surface area contributed by atoms with Gasteiger partial charge in [0.05, 0.1) is 19.1 Å². The number of aliphatic hydroxyl groups excluding tert-OH is 1. The molecule has 0 radical (unpaired) electrons. The minimum atomic E-state index is -0.765. The highest BCUT2D eigenvalue weighted by atomic mass is 16.3. The average Bonchev–Trinajstić information content (AvgIpc) is 1.95. The molecule has 1 rings (SSSR count). The van der Waals surface area contributed by atoms with Crippen molar-refractivity contribution in [2.24, 2.45) is 0 Å². The first-order valence-electron chi connectivity index (χ1n) is 3.40. The monoisotopic (exact) mass is 158 g/mol. The summed E-state index contributed by atoms with van der Waals surface area (Å²) in [6.45, 7) is 0.164. The molecule has 1 atom stereocenters. The van der Waals surface area contributed by atoms with Gasteiger partial charge in [0.25, 0.3) is 0 Å². The zero-order valence-corrected chi connectivity index (χ0v) is 5.96. The highest BCUT2D eigenvalue weighted by Crippen LogP contribution is 1.91. The van der Waals surface area contributed by atoms with Gasteiger partial charge >= 0.3 is 0 Å². The van der Waals surface area contributed by atoms with Crippen molar-refractivity contribution in [2.45, 2.75) is 12.5 Å². The molecule has 1 heterocycles.